The van der Waals surface area contributed by atoms with Crippen molar-refractivity contribution in [1.29, 1.82) is 0 Å². The number of pyridine rings is 1. The van der Waals surface area contributed by atoms with E-state index in [1.807, 2.05) is 51.1 Å². The molecule has 1 amide bonds. The Hall–Kier alpha value is -3.13. The monoisotopic (exact) mass is 510 g/mol. The van der Waals surface area contributed by atoms with Crippen LogP contribution in [0.2, 0.25) is 0 Å². The topological polar surface area (TPSA) is 98.1 Å². The van der Waals surface area contributed by atoms with Crippen molar-refractivity contribution in [2.45, 2.75) is 77.5 Å². The van der Waals surface area contributed by atoms with Crippen molar-refractivity contribution in [3.63, 3.8) is 0 Å². The van der Waals surface area contributed by atoms with Crippen molar-refractivity contribution in [3.8, 4) is 11.1 Å². The Morgan fingerprint density at radius 1 is 1.08 bits per heavy atom. The second kappa shape index (κ2) is 10.3. The number of carbonyl (C=O) groups is 2. The van der Waals surface area contributed by atoms with E-state index in [0.717, 1.165) is 31.2 Å². The second-order valence-corrected chi connectivity index (χ2v) is 11.3. The van der Waals surface area contributed by atoms with E-state index in [4.69, 9.17) is 9.47 Å². The minimum Gasteiger partial charge on any atom is -0.462 e. The molecule has 2 fully saturated rings. The van der Waals surface area contributed by atoms with Crippen LogP contribution in [-0.2, 0) is 16.0 Å². The first-order valence-corrected chi connectivity index (χ1v) is 13.1. The molecule has 1 saturated carbocycles. The van der Waals surface area contributed by atoms with E-state index in [-0.39, 0.29) is 30.4 Å². The molecule has 4 rings (SSSR count). The van der Waals surface area contributed by atoms with Gasteiger partial charge in [0.25, 0.3) is 5.56 Å². The molecule has 200 valence electrons. The van der Waals surface area contributed by atoms with Crippen LogP contribution >= 0.6 is 0 Å². The van der Waals surface area contributed by atoms with Crippen molar-refractivity contribution in [2.75, 3.05) is 19.7 Å². The number of nitrogens with zero attached hydrogens (tertiary/aromatic N) is 2. The van der Waals surface area contributed by atoms with Crippen LogP contribution in [0, 0.1) is 5.41 Å². The molecule has 0 unspecified atom stereocenters. The molecule has 1 spiro atoms. The van der Waals surface area contributed by atoms with Gasteiger partial charge in [-0.25, -0.2) is 9.59 Å². The predicted octanol–water partition coefficient (Wildman–Crippen LogP) is 4.62. The highest BCUT2D eigenvalue weighted by atomic mass is 16.6. The number of hydrogen-bond acceptors (Lipinski definition) is 6. The minimum atomic E-state index is -1.22. The maximum atomic E-state index is 13.3. The minimum absolute atomic E-state index is 0.0372. The molecule has 1 aromatic carbocycles. The summed E-state index contributed by atoms with van der Waals surface area (Å²) in [7, 11) is 0. The van der Waals surface area contributed by atoms with Gasteiger partial charge in [-0.2, -0.15) is 0 Å². The van der Waals surface area contributed by atoms with E-state index in [2.05, 4.69) is 0 Å². The number of benzene rings is 1. The van der Waals surface area contributed by atoms with Crippen molar-refractivity contribution >= 4 is 12.1 Å². The van der Waals surface area contributed by atoms with Gasteiger partial charge in [0, 0.05) is 36.3 Å². The normalized spacial score (nSPS) is 21.2. The molecule has 0 bridgehead atoms. The summed E-state index contributed by atoms with van der Waals surface area (Å²) in [4.78, 5) is 40.7. The highest BCUT2D eigenvalue weighted by molar-refractivity contribution is 5.96. The molecule has 8 nitrogen and oxygen atoms in total. The lowest BCUT2D eigenvalue weighted by atomic mass is 9.66. The highest BCUT2D eigenvalue weighted by Crippen LogP contribution is 2.51. The molecule has 1 N–H and O–H groups in total. The molecule has 0 radical (unpaired) electrons. The van der Waals surface area contributed by atoms with Gasteiger partial charge in [-0.3, -0.25) is 4.79 Å². The molecule has 2 heterocycles. The highest BCUT2D eigenvalue weighted by Gasteiger charge is 2.56. The summed E-state index contributed by atoms with van der Waals surface area (Å²) in [6.45, 7) is 8.20. The maximum Gasteiger partial charge on any atom is 0.410 e. The Kier molecular flexibility index (Phi) is 7.51. The Bertz CT molecular complexity index is 1190. The third kappa shape index (κ3) is 5.59. The molecule has 2 aromatic rings. The maximum absolute atomic E-state index is 13.3. The van der Waals surface area contributed by atoms with Gasteiger partial charge >= 0.3 is 12.1 Å². The lowest BCUT2D eigenvalue weighted by molar-refractivity contribution is -0.140. The number of esters is 1. The SMILES string of the molecule is CCOC(=O)c1cn(C[C@@]2(O)CCN(C(=O)OC(C)(C)C)CC23CCCC3)c(=O)cc1-c1ccccc1. The van der Waals surface area contributed by atoms with Gasteiger partial charge in [0.15, 0.2) is 0 Å². The fourth-order valence-electron chi connectivity index (χ4n) is 5.79. The first-order chi connectivity index (χ1) is 17.5. The quantitative estimate of drug-likeness (QED) is 0.590. The largest absolute Gasteiger partial charge is 0.462 e. The third-order valence-corrected chi connectivity index (χ3v) is 7.63. The van der Waals surface area contributed by atoms with Gasteiger partial charge in [-0.15, -0.1) is 0 Å². The fraction of sp³-hybridized carbons (Fsp3) is 0.552. The molecule has 2 aliphatic rings. The first-order valence-electron chi connectivity index (χ1n) is 13.1. The number of carbonyl (C=O) groups excluding carboxylic acids is 2. The zero-order chi connectivity index (χ0) is 26.8. The van der Waals surface area contributed by atoms with E-state index in [1.165, 1.54) is 16.8 Å². The number of amides is 1. The lowest BCUT2D eigenvalue weighted by Crippen LogP contribution is -2.62. The van der Waals surface area contributed by atoms with Crippen LogP contribution in [0.25, 0.3) is 11.1 Å². The lowest BCUT2D eigenvalue weighted by Gasteiger charge is -2.52. The Morgan fingerprint density at radius 3 is 2.38 bits per heavy atom. The van der Waals surface area contributed by atoms with E-state index in [1.54, 1.807) is 11.8 Å². The van der Waals surface area contributed by atoms with Gasteiger partial charge in [-0.1, -0.05) is 43.2 Å². The summed E-state index contributed by atoms with van der Waals surface area (Å²) in [5.41, 5.74) is -1.15. The van der Waals surface area contributed by atoms with Gasteiger partial charge < -0.3 is 24.0 Å². The van der Waals surface area contributed by atoms with Gasteiger partial charge in [0.1, 0.15) is 5.60 Å². The summed E-state index contributed by atoms with van der Waals surface area (Å²) in [5.74, 6) is -0.516. The average molecular weight is 511 g/mol. The molecule has 1 saturated heterocycles. The van der Waals surface area contributed by atoms with Crippen LogP contribution in [0.5, 0.6) is 0 Å². The third-order valence-electron chi connectivity index (χ3n) is 7.63. The van der Waals surface area contributed by atoms with Crippen molar-refractivity contribution in [2.24, 2.45) is 5.41 Å². The number of aromatic nitrogens is 1. The first kappa shape index (κ1) is 26.9. The summed E-state index contributed by atoms with van der Waals surface area (Å²) in [6, 6.07) is 10.7. The van der Waals surface area contributed by atoms with Crippen molar-refractivity contribution in [3.05, 3.63) is 58.5 Å². The van der Waals surface area contributed by atoms with E-state index in [0.29, 0.717) is 25.1 Å². The number of hydrogen-bond donors (Lipinski definition) is 1. The zero-order valence-electron chi connectivity index (χ0n) is 22.3. The van der Waals surface area contributed by atoms with Crippen LogP contribution in [0.4, 0.5) is 4.79 Å². The van der Waals surface area contributed by atoms with E-state index < -0.39 is 22.6 Å². The predicted molar refractivity (Wildman–Crippen MR) is 140 cm³/mol. The Labute approximate surface area is 218 Å². The smallest absolute Gasteiger partial charge is 0.410 e. The fourth-order valence-corrected chi connectivity index (χ4v) is 5.79. The molecule has 1 atom stereocenters. The van der Waals surface area contributed by atoms with E-state index in [9.17, 15) is 19.5 Å². The number of aliphatic hydroxyl groups is 1. The number of likely N-dealkylation sites (tertiary alicyclic amines) is 1. The van der Waals surface area contributed by atoms with Crippen LogP contribution < -0.4 is 5.56 Å². The average Bonchev–Trinajstić information content (AvgIpc) is 3.31. The van der Waals surface area contributed by atoms with Crippen LogP contribution in [0.15, 0.2) is 47.4 Å². The molecule has 8 heteroatoms. The summed E-state index contributed by atoms with van der Waals surface area (Å²) in [5, 5.41) is 12.1. The van der Waals surface area contributed by atoms with Crippen LogP contribution in [-0.4, -0.2) is 57.5 Å². The van der Waals surface area contributed by atoms with Gasteiger partial charge in [-0.05, 0) is 52.5 Å². The number of rotatable bonds is 5. The number of ether oxygens (including phenoxy) is 2. The summed E-state index contributed by atoms with van der Waals surface area (Å²) < 4.78 is 12.3. The number of piperidine rings is 1. The Morgan fingerprint density at radius 2 is 1.76 bits per heavy atom. The summed E-state index contributed by atoms with van der Waals surface area (Å²) >= 11 is 0. The summed E-state index contributed by atoms with van der Waals surface area (Å²) in [6.07, 6.45) is 4.85. The van der Waals surface area contributed by atoms with Crippen LogP contribution in [0.3, 0.4) is 0 Å². The second-order valence-electron chi connectivity index (χ2n) is 11.3. The molecule has 1 aliphatic heterocycles. The van der Waals surface area contributed by atoms with Crippen molar-refractivity contribution < 1.29 is 24.2 Å². The zero-order valence-corrected chi connectivity index (χ0v) is 22.3. The Balaban J connectivity index is 1.68. The molecule has 1 aromatic heterocycles. The van der Waals surface area contributed by atoms with Crippen molar-refractivity contribution in [1.82, 2.24) is 9.47 Å². The van der Waals surface area contributed by atoms with Gasteiger partial charge in [0.2, 0.25) is 0 Å². The molecular weight excluding hydrogens is 472 g/mol. The standard InChI is InChI=1S/C29H38N2O6/c1-5-36-25(33)23-18-31(24(32)17-22(23)21-11-7-6-8-12-21)20-29(35)15-16-30(26(34)37-27(2,3)4)19-28(29)13-9-10-14-28/h6-8,11-12,17-18,35H,5,9-10,13-16,19-20H2,1-4H3/t29-/m0/s1. The molecule has 37 heavy (non-hydrogen) atoms. The van der Waals surface area contributed by atoms with Crippen LogP contribution in [0.1, 0.15) is 70.2 Å². The van der Waals surface area contributed by atoms with E-state index >= 15 is 0 Å². The molecule has 1 aliphatic carbocycles. The van der Waals surface area contributed by atoms with Gasteiger partial charge in [0.05, 0.1) is 24.3 Å². The molecular formula is C29H38N2O6.